The predicted molar refractivity (Wildman–Crippen MR) is 70.7 cm³/mol. The molecule has 1 N–H and O–H groups in total. The number of hydrogen-bond donors (Lipinski definition) is 1. The summed E-state index contributed by atoms with van der Waals surface area (Å²) >= 11 is 0. The highest BCUT2D eigenvalue weighted by Gasteiger charge is 2.21. The third kappa shape index (κ3) is 3.20. The second kappa shape index (κ2) is 5.40. The van der Waals surface area contributed by atoms with Gasteiger partial charge in [-0.15, -0.1) is 0 Å². The molecule has 0 unspecified atom stereocenters. The molecule has 1 aliphatic rings. The van der Waals surface area contributed by atoms with Gasteiger partial charge in [0.15, 0.2) is 0 Å². The zero-order chi connectivity index (χ0) is 13.9. The molecular formula is C14H13F2N3O. The van der Waals surface area contributed by atoms with Crippen molar-refractivity contribution in [3.05, 3.63) is 36.5 Å². The first kappa shape index (κ1) is 12.8. The van der Waals surface area contributed by atoms with E-state index in [0.29, 0.717) is 23.2 Å². The van der Waals surface area contributed by atoms with E-state index in [4.69, 9.17) is 0 Å². The Balaban J connectivity index is 1.83. The Morgan fingerprint density at radius 2 is 2.10 bits per heavy atom. The van der Waals surface area contributed by atoms with Gasteiger partial charge in [0, 0.05) is 17.8 Å². The molecule has 2 aromatic rings. The van der Waals surface area contributed by atoms with Crippen LogP contribution in [0.25, 0.3) is 11.3 Å². The molecule has 0 atom stereocenters. The van der Waals surface area contributed by atoms with E-state index in [1.54, 1.807) is 24.4 Å². The Labute approximate surface area is 114 Å². The molecular weight excluding hydrogens is 264 g/mol. The number of benzene rings is 1. The molecule has 0 bridgehead atoms. The molecule has 0 aliphatic heterocycles. The maximum Gasteiger partial charge on any atom is 0.387 e. The lowest BCUT2D eigenvalue weighted by molar-refractivity contribution is -0.0498. The lowest BCUT2D eigenvalue weighted by atomic mass is 10.1. The van der Waals surface area contributed by atoms with Gasteiger partial charge in [-0.05, 0) is 31.0 Å². The average Bonchev–Trinajstić information content (AvgIpc) is 3.23. The van der Waals surface area contributed by atoms with Gasteiger partial charge in [0.2, 0.25) is 5.95 Å². The van der Waals surface area contributed by atoms with Crippen LogP contribution in [0.1, 0.15) is 12.8 Å². The minimum atomic E-state index is -2.83. The number of hydrogen-bond acceptors (Lipinski definition) is 4. The molecule has 4 nitrogen and oxygen atoms in total. The molecule has 20 heavy (non-hydrogen) atoms. The smallest absolute Gasteiger partial charge is 0.387 e. The number of alkyl halides is 2. The van der Waals surface area contributed by atoms with Crippen molar-refractivity contribution in [2.75, 3.05) is 5.32 Å². The summed E-state index contributed by atoms with van der Waals surface area (Å²) in [5.41, 5.74) is 1.38. The van der Waals surface area contributed by atoms with Gasteiger partial charge in [-0.25, -0.2) is 9.97 Å². The average molecular weight is 277 g/mol. The highest BCUT2D eigenvalue weighted by molar-refractivity contribution is 5.62. The van der Waals surface area contributed by atoms with Crippen LogP contribution in [0.2, 0.25) is 0 Å². The number of halogens is 2. The van der Waals surface area contributed by atoms with Crippen molar-refractivity contribution in [1.82, 2.24) is 9.97 Å². The fourth-order valence-corrected chi connectivity index (χ4v) is 1.83. The van der Waals surface area contributed by atoms with Crippen molar-refractivity contribution in [3.8, 4) is 17.0 Å². The maximum absolute atomic E-state index is 12.2. The van der Waals surface area contributed by atoms with Crippen molar-refractivity contribution in [1.29, 1.82) is 0 Å². The Bertz CT molecular complexity index is 557. The topological polar surface area (TPSA) is 47.0 Å². The number of ether oxygens (including phenoxy) is 1. The maximum atomic E-state index is 12.2. The molecule has 1 aliphatic carbocycles. The summed E-state index contributed by atoms with van der Waals surface area (Å²) in [5.74, 6) is 0.679. The molecule has 1 heterocycles. The van der Waals surface area contributed by atoms with Gasteiger partial charge < -0.3 is 10.1 Å². The molecule has 0 spiro atoms. The lowest BCUT2D eigenvalue weighted by Gasteiger charge is -2.08. The van der Waals surface area contributed by atoms with Gasteiger partial charge in [-0.2, -0.15) is 8.78 Å². The van der Waals surface area contributed by atoms with Crippen molar-refractivity contribution in [2.24, 2.45) is 0 Å². The second-order valence-electron chi connectivity index (χ2n) is 4.59. The molecule has 0 radical (unpaired) electrons. The fraction of sp³-hybridized carbons (Fsp3) is 0.286. The van der Waals surface area contributed by atoms with Gasteiger partial charge in [-0.3, -0.25) is 0 Å². The van der Waals surface area contributed by atoms with Crippen LogP contribution in [0.4, 0.5) is 14.7 Å². The van der Waals surface area contributed by atoms with Gasteiger partial charge >= 0.3 is 6.61 Å². The molecule has 0 amide bonds. The van der Waals surface area contributed by atoms with Crippen LogP contribution >= 0.6 is 0 Å². The molecule has 3 rings (SSSR count). The minimum Gasteiger partial charge on any atom is -0.435 e. The molecule has 6 heteroatoms. The van der Waals surface area contributed by atoms with Crippen molar-refractivity contribution < 1.29 is 13.5 Å². The Morgan fingerprint density at radius 1 is 1.25 bits per heavy atom. The van der Waals surface area contributed by atoms with Crippen LogP contribution < -0.4 is 10.1 Å². The van der Waals surface area contributed by atoms with Crippen LogP contribution in [0.5, 0.6) is 5.75 Å². The minimum absolute atomic E-state index is 0.118. The van der Waals surface area contributed by atoms with Crippen LogP contribution in [0, 0.1) is 0 Å². The monoisotopic (exact) mass is 277 g/mol. The Hall–Kier alpha value is -2.24. The number of nitrogens with one attached hydrogen (secondary N) is 1. The third-order valence-corrected chi connectivity index (χ3v) is 2.92. The number of aromatic nitrogens is 2. The summed E-state index contributed by atoms with van der Waals surface area (Å²) in [7, 11) is 0. The first-order valence-electron chi connectivity index (χ1n) is 6.35. The van der Waals surface area contributed by atoms with E-state index < -0.39 is 6.61 Å². The third-order valence-electron chi connectivity index (χ3n) is 2.92. The van der Waals surface area contributed by atoms with Gasteiger partial charge in [0.1, 0.15) is 5.75 Å². The number of rotatable bonds is 5. The largest absolute Gasteiger partial charge is 0.435 e. The fourth-order valence-electron chi connectivity index (χ4n) is 1.83. The van der Waals surface area contributed by atoms with Crippen LogP contribution in [-0.2, 0) is 0 Å². The van der Waals surface area contributed by atoms with Gasteiger partial charge in [0.05, 0.1) is 5.69 Å². The molecule has 1 fully saturated rings. The van der Waals surface area contributed by atoms with Gasteiger partial charge in [0.25, 0.3) is 0 Å². The van der Waals surface area contributed by atoms with E-state index in [1.807, 2.05) is 0 Å². The summed E-state index contributed by atoms with van der Waals surface area (Å²) < 4.78 is 28.8. The first-order chi connectivity index (χ1) is 9.70. The molecule has 1 saturated carbocycles. The van der Waals surface area contributed by atoms with E-state index in [2.05, 4.69) is 20.0 Å². The van der Waals surface area contributed by atoms with Crippen molar-refractivity contribution in [3.63, 3.8) is 0 Å². The van der Waals surface area contributed by atoms with Gasteiger partial charge in [-0.1, -0.05) is 12.1 Å². The zero-order valence-electron chi connectivity index (χ0n) is 10.6. The van der Waals surface area contributed by atoms with E-state index in [1.165, 1.54) is 12.1 Å². The molecule has 104 valence electrons. The van der Waals surface area contributed by atoms with E-state index in [9.17, 15) is 8.78 Å². The summed E-state index contributed by atoms with van der Waals surface area (Å²) in [6, 6.07) is 8.67. The normalized spacial score (nSPS) is 14.3. The van der Waals surface area contributed by atoms with Crippen molar-refractivity contribution >= 4 is 5.95 Å². The second-order valence-corrected chi connectivity index (χ2v) is 4.59. The highest BCUT2D eigenvalue weighted by Crippen LogP contribution is 2.26. The Morgan fingerprint density at radius 3 is 2.85 bits per heavy atom. The number of nitrogens with zero attached hydrogens (tertiary/aromatic N) is 2. The van der Waals surface area contributed by atoms with Crippen LogP contribution in [0.15, 0.2) is 36.5 Å². The molecule has 1 aromatic carbocycles. The summed E-state index contributed by atoms with van der Waals surface area (Å²) in [5, 5.41) is 3.20. The first-order valence-corrected chi connectivity index (χ1v) is 6.35. The van der Waals surface area contributed by atoms with Crippen molar-refractivity contribution in [2.45, 2.75) is 25.5 Å². The molecule has 1 aromatic heterocycles. The summed E-state index contributed by atoms with van der Waals surface area (Å²) in [6.45, 7) is -2.83. The Kier molecular flexibility index (Phi) is 3.45. The van der Waals surface area contributed by atoms with Crippen LogP contribution in [0.3, 0.4) is 0 Å². The molecule has 0 saturated heterocycles. The van der Waals surface area contributed by atoms with E-state index >= 15 is 0 Å². The van der Waals surface area contributed by atoms with Crippen LogP contribution in [-0.4, -0.2) is 22.6 Å². The lowest BCUT2D eigenvalue weighted by Crippen LogP contribution is -2.05. The SMILES string of the molecule is FC(F)Oc1cccc(-c2ccnc(NC3CC3)n2)c1. The predicted octanol–water partition coefficient (Wildman–Crippen LogP) is 3.32. The number of anilines is 1. The summed E-state index contributed by atoms with van der Waals surface area (Å²) in [4.78, 5) is 8.52. The van der Waals surface area contributed by atoms with E-state index in [-0.39, 0.29) is 5.75 Å². The zero-order valence-corrected chi connectivity index (χ0v) is 10.6. The van der Waals surface area contributed by atoms with E-state index in [0.717, 1.165) is 12.8 Å². The highest BCUT2D eigenvalue weighted by atomic mass is 19.3. The summed E-state index contributed by atoms with van der Waals surface area (Å²) in [6.07, 6.45) is 3.91. The standard InChI is InChI=1S/C14H13F2N3O/c15-13(16)20-11-3-1-2-9(8-11)12-6-7-17-14(19-12)18-10-4-5-10/h1-3,6-8,10,13H,4-5H2,(H,17,18,19). The quantitative estimate of drug-likeness (QED) is 0.910.